The molecule has 0 amide bonds. The van der Waals surface area contributed by atoms with Gasteiger partial charge in [0.1, 0.15) is 5.76 Å². The van der Waals surface area contributed by atoms with Crippen molar-refractivity contribution in [2.45, 2.75) is 20.4 Å². The Kier molecular flexibility index (Phi) is 3.30. The van der Waals surface area contributed by atoms with E-state index in [2.05, 4.69) is 15.1 Å². The third-order valence-electron chi connectivity index (χ3n) is 4.16. The van der Waals surface area contributed by atoms with Gasteiger partial charge in [0, 0.05) is 19.4 Å². The summed E-state index contributed by atoms with van der Waals surface area (Å²) >= 11 is 0. The van der Waals surface area contributed by atoms with Crippen molar-refractivity contribution in [2.75, 3.05) is 0 Å². The van der Waals surface area contributed by atoms with Gasteiger partial charge >= 0.3 is 5.69 Å². The van der Waals surface area contributed by atoms with Crippen LogP contribution in [0.4, 0.5) is 0 Å². The molecule has 0 unspecified atom stereocenters. The number of nitrogens with zero attached hydrogens (tertiary/aromatic N) is 3. The van der Waals surface area contributed by atoms with Gasteiger partial charge in [0.2, 0.25) is 0 Å². The minimum Gasteiger partial charge on any atom is -0.361 e. The molecule has 0 radical (unpaired) electrons. The summed E-state index contributed by atoms with van der Waals surface area (Å²) < 4.78 is 6.97. The molecule has 4 aromatic rings. The summed E-state index contributed by atoms with van der Waals surface area (Å²) in [6.07, 6.45) is 3.49. The summed E-state index contributed by atoms with van der Waals surface area (Å²) in [5, 5.41) is 4.01. The van der Waals surface area contributed by atoms with E-state index in [1.807, 2.05) is 44.2 Å². The van der Waals surface area contributed by atoms with Crippen molar-refractivity contribution < 1.29 is 5.95 Å². The Morgan fingerprint density at radius 2 is 2.17 bits per heavy atom. The zero-order valence-electron chi connectivity index (χ0n) is 13.4. The number of benzene rings is 1. The topological polar surface area (TPSA) is 76.7 Å². The largest absolute Gasteiger partial charge is 0.361 e. The Bertz CT molecular complexity index is 1060. The first-order valence-electron chi connectivity index (χ1n) is 7.68. The quantitative estimate of drug-likeness (QED) is 0.628. The number of hydrogen-bond donors (Lipinski definition) is 1. The molecule has 0 spiro atoms. The average Bonchev–Trinajstić information content (AvgIpc) is 3.08. The predicted octanol–water partition coefficient (Wildman–Crippen LogP) is 3.29. The maximum atomic E-state index is 12.3. The van der Waals surface area contributed by atoms with Gasteiger partial charge in [-0.3, -0.25) is 9.55 Å². The van der Waals surface area contributed by atoms with Gasteiger partial charge in [0.15, 0.2) is 0 Å². The molecule has 0 aliphatic heterocycles. The van der Waals surface area contributed by atoms with E-state index in [0.29, 0.717) is 6.54 Å². The number of rotatable bonds is 3. The molecule has 0 fully saturated rings. The van der Waals surface area contributed by atoms with Crippen molar-refractivity contribution >= 4 is 11.0 Å². The summed E-state index contributed by atoms with van der Waals surface area (Å²) in [6, 6.07) is 9.70. The van der Waals surface area contributed by atoms with Gasteiger partial charge in [0.05, 0.1) is 23.3 Å². The number of pyridine rings is 1. The Labute approximate surface area is 139 Å². The monoisotopic (exact) mass is 322 g/mol. The number of fused-ring (bicyclic) bond motifs is 1. The van der Waals surface area contributed by atoms with Crippen LogP contribution in [-0.2, 0) is 6.54 Å². The van der Waals surface area contributed by atoms with Crippen molar-refractivity contribution in [1.29, 1.82) is 0 Å². The molecule has 6 nitrogen and oxygen atoms in total. The molecule has 0 atom stereocenters. The van der Waals surface area contributed by atoms with Crippen LogP contribution in [-0.4, -0.2) is 19.7 Å². The molecule has 24 heavy (non-hydrogen) atoms. The van der Waals surface area contributed by atoms with Gasteiger partial charge in [-0.15, -0.1) is 0 Å². The average molecular weight is 322 g/mol. The van der Waals surface area contributed by atoms with Gasteiger partial charge in [-0.1, -0.05) is 17.3 Å². The Morgan fingerprint density at radius 1 is 1.29 bits per heavy atom. The maximum absolute atomic E-state index is 12.3. The minimum absolute atomic E-state index is 0. The first-order valence-corrected chi connectivity index (χ1v) is 7.68. The summed E-state index contributed by atoms with van der Waals surface area (Å²) in [6.45, 7) is 4.27. The van der Waals surface area contributed by atoms with E-state index in [9.17, 15) is 4.79 Å². The number of nitrogens with one attached hydrogen (secondary N) is 1. The van der Waals surface area contributed by atoms with Crippen LogP contribution < -0.4 is 5.69 Å². The van der Waals surface area contributed by atoms with E-state index in [4.69, 9.17) is 4.52 Å². The lowest BCUT2D eigenvalue weighted by Crippen LogP contribution is -2.17. The number of hydrogen-bond acceptors (Lipinski definition) is 4. The molecule has 0 saturated carbocycles. The molecule has 4 rings (SSSR count). The van der Waals surface area contributed by atoms with Crippen molar-refractivity contribution in [3.8, 4) is 11.1 Å². The second-order valence-corrected chi connectivity index (χ2v) is 5.81. The fourth-order valence-electron chi connectivity index (χ4n) is 3.03. The molecule has 6 heteroatoms. The van der Waals surface area contributed by atoms with Crippen LogP contribution in [0.15, 0.2) is 52.0 Å². The van der Waals surface area contributed by atoms with E-state index in [1.54, 1.807) is 17.0 Å². The SMILES string of the molecule is Cc1noc(C)c1-c1ccc2[nH]c(=O)n(Cc3cccnc3)c2c1.[HH]. The van der Waals surface area contributed by atoms with E-state index < -0.39 is 0 Å². The zero-order valence-corrected chi connectivity index (χ0v) is 13.4. The van der Waals surface area contributed by atoms with Gasteiger partial charge in [0.25, 0.3) is 0 Å². The number of aromatic amines is 1. The smallest absolute Gasteiger partial charge is 0.326 e. The van der Waals surface area contributed by atoms with Crippen LogP contribution in [0.5, 0.6) is 0 Å². The second kappa shape index (κ2) is 5.49. The lowest BCUT2D eigenvalue weighted by atomic mass is 10.0. The standard InChI is InChI=1S/C18H16N4O2.H2/c1-11-17(12(2)24-21-11)14-5-6-15-16(8-14)22(18(23)20-15)10-13-4-3-7-19-9-13;/h3-9H,10H2,1-2H3,(H,20,23);1H. The molecular weight excluding hydrogens is 304 g/mol. The number of aromatic nitrogens is 4. The van der Waals surface area contributed by atoms with E-state index in [-0.39, 0.29) is 7.12 Å². The number of imidazole rings is 1. The summed E-state index contributed by atoms with van der Waals surface area (Å²) in [4.78, 5) is 19.3. The Morgan fingerprint density at radius 3 is 2.88 bits per heavy atom. The van der Waals surface area contributed by atoms with Crippen molar-refractivity contribution in [2.24, 2.45) is 0 Å². The molecule has 0 saturated heterocycles. The highest BCUT2D eigenvalue weighted by molar-refractivity contribution is 5.83. The minimum atomic E-state index is -0.134. The van der Waals surface area contributed by atoms with Crippen LogP contribution >= 0.6 is 0 Å². The normalized spacial score (nSPS) is 11.2. The van der Waals surface area contributed by atoms with Crippen LogP contribution in [0, 0.1) is 13.8 Å². The summed E-state index contributed by atoms with van der Waals surface area (Å²) in [5.41, 5.74) is 5.29. The van der Waals surface area contributed by atoms with Gasteiger partial charge < -0.3 is 9.51 Å². The molecule has 0 aliphatic rings. The van der Waals surface area contributed by atoms with Crippen molar-refractivity contribution in [3.05, 3.63) is 70.2 Å². The first kappa shape index (κ1) is 14.4. The molecule has 0 aliphatic carbocycles. The molecular formula is C18H18N4O2. The van der Waals surface area contributed by atoms with Crippen LogP contribution in [0.2, 0.25) is 0 Å². The van der Waals surface area contributed by atoms with Crippen LogP contribution in [0.25, 0.3) is 22.2 Å². The highest BCUT2D eigenvalue weighted by Crippen LogP contribution is 2.29. The molecule has 1 N–H and O–H groups in total. The fourth-order valence-corrected chi connectivity index (χ4v) is 3.03. The lowest BCUT2D eigenvalue weighted by molar-refractivity contribution is 0.393. The third-order valence-corrected chi connectivity index (χ3v) is 4.16. The van der Waals surface area contributed by atoms with Gasteiger partial charge in [-0.05, 0) is 43.2 Å². The lowest BCUT2D eigenvalue weighted by Gasteiger charge is -2.05. The second-order valence-electron chi connectivity index (χ2n) is 5.81. The third kappa shape index (κ3) is 2.32. The maximum Gasteiger partial charge on any atom is 0.326 e. The Hall–Kier alpha value is -3.15. The molecule has 1 aromatic carbocycles. The Balaban J connectivity index is 0.00000182. The zero-order chi connectivity index (χ0) is 16.7. The number of aryl methyl sites for hydroxylation is 2. The molecule has 3 heterocycles. The first-order chi connectivity index (χ1) is 11.6. The van der Waals surface area contributed by atoms with Crippen molar-refractivity contribution in [1.82, 2.24) is 19.7 Å². The highest BCUT2D eigenvalue weighted by atomic mass is 16.5. The number of H-pyrrole nitrogens is 1. The van der Waals surface area contributed by atoms with E-state index in [0.717, 1.165) is 39.2 Å². The molecule has 0 bridgehead atoms. The summed E-state index contributed by atoms with van der Waals surface area (Å²) in [5.74, 6) is 0.767. The van der Waals surface area contributed by atoms with Gasteiger partial charge in [-0.2, -0.15) is 0 Å². The van der Waals surface area contributed by atoms with Gasteiger partial charge in [-0.25, -0.2) is 4.79 Å². The van der Waals surface area contributed by atoms with E-state index in [1.165, 1.54) is 0 Å². The van der Waals surface area contributed by atoms with Crippen molar-refractivity contribution in [3.63, 3.8) is 0 Å². The van der Waals surface area contributed by atoms with Crippen LogP contribution in [0.3, 0.4) is 0 Å². The molecule has 3 aromatic heterocycles. The fraction of sp³-hybridized carbons (Fsp3) is 0.167. The predicted molar refractivity (Wildman–Crippen MR) is 93.0 cm³/mol. The van der Waals surface area contributed by atoms with E-state index >= 15 is 0 Å². The highest BCUT2D eigenvalue weighted by Gasteiger charge is 2.14. The molecule has 122 valence electrons. The van der Waals surface area contributed by atoms with Crippen LogP contribution in [0.1, 0.15) is 18.4 Å². The summed E-state index contributed by atoms with van der Waals surface area (Å²) in [7, 11) is 0.